The third kappa shape index (κ3) is 5.36. The van der Waals surface area contributed by atoms with Crippen LogP contribution in [0.1, 0.15) is 31.4 Å². The molecule has 1 saturated heterocycles. The summed E-state index contributed by atoms with van der Waals surface area (Å²) in [6.45, 7) is 0.253. The Morgan fingerprint density at radius 3 is 2.72 bits per heavy atom. The molecule has 1 aromatic heterocycles. The third-order valence-electron chi connectivity index (χ3n) is 4.25. The van der Waals surface area contributed by atoms with Crippen LogP contribution in [0.3, 0.4) is 0 Å². The van der Waals surface area contributed by atoms with E-state index in [9.17, 15) is 18.8 Å². The number of furan rings is 1. The molecule has 0 radical (unpaired) electrons. The number of benzene rings is 1. The second-order valence-corrected chi connectivity index (χ2v) is 8.22. The van der Waals surface area contributed by atoms with Crippen LogP contribution in [0, 0.1) is 5.82 Å². The molecule has 1 fully saturated rings. The van der Waals surface area contributed by atoms with Crippen molar-refractivity contribution in [2.45, 2.75) is 25.7 Å². The van der Waals surface area contributed by atoms with Gasteiger partial charge in [-0.2, -0.15) is 0 Å². The van der Waals surface area contributed by atoms with Crippen LogP contribution in [-0.4, -0.2) is 33.7 Å². The molecule has 1 aliphatic heterocycles. The number of carboxylic acid groups (broad SMARTS) is 1. The Kier molecular flexibility index (Phi) is 6.92. The molecule has 1 aliphatic rings. The molecule has 0 bridgehead atoms. The van der Waals surface area contributed by atoms with Crippen LogP contribution in [0.5, 0.6) is 0 Å². The van der Waals surface area contributed by atoms with Crippen molar-refractivity contribution in [1.29, 1.82) is 0 Å². The van der Waals surface area contributed by atoms with Gasteiger partial charge in [0.1, 0.15) is 17.3 Å². The van der Waals surface area contributed by atoms with Crippen molar-refractivity contribution in [1.82, 2.24) is 4.90 Å². The van der Waals surface area contributed by atoms with Crippen molar-refractivity contribution in [3.63, 3.8) is 0 Å². The Bertz CT molecular complexity index is 987. The van der Waals surface area contributed by atoms with Gasteiger partial charge in [-0.05, 0) is 70.9 Å². The Hall–Kier alpha value is -2.39. The second kappa shape index (κ2) is 9.41. The number of carboxylic acids is 1. The summed E-state index contributed by atoms with van der Waals surface area (Å²) in [5.41, 5.74) is 0.555. The summed E-state index contributed by atoms with van der Waals surface area (Å²) in [5, 5.41) is 8.26. The van der Waals surface area contributed by atoms with Crippen molar-refractivity contribution in [3.8, 4) is 11.3 Å². The van der Waals surface area contributed by atoms with Crippen LogP contribution >= 0.6 is 27.7 Å². The summed E-state index contributed by atoms with van der Waals surface area (Å²) < 4.78 is 19.7. The highest BCUT2D eigenvalue weighted by Gasteiger charge is 2.34. The first kappa shape index (κ1) is 21.3. The molecule has 2 aromatic rings. The van der Waals surface area contributed by atoms with Crippen LogP contribution in [-0.2, 0) is 9.59 Å². The molecule has 152 valence electrons. The molecule has 0 spiro atoms. The molecular weight excluding hydrogens is 465 g/mol. The first-order valence-corrected chi connectivity index (χ1v) is 10.5. The average molecular weight is 482 g/mol. The van der Waals surface area contributed by atoms with Crippen molar-refractivity contribution in [2.24, 2.45) is 0 Å². The Labute approximate surface area is 178 Å². The molecule has 2 amide bonds. The summed E-state index contributed by atoms with van der Waals surface area (Å²) in [4.78, 5) is 36.5. The number of hydrogen-bond donors (Lipinski definition) is 1. The van der Waals surface area contributed by atoms with Gasteiger partial charge in [0.25, 0.3) is 11.1 Å². The smallest absolute Gasteiger partial charge is 0.303 e. The van der Waals surface area contributed by atoms with E-state index in [2.05, 4.69) is 15.9 Å². The lowest BCUT2D eigenvalue weighted by atomic mass is 10.2. The molecule has 6 nitrogen and oxygen atoms in total. The molecule has 1 N–H and O–H groups in total. The maximum absolute atomic E-state index is 13.7. The predicted molar refractivity (Wildman–Crippen MR) is 111 cm³/mol. The van der Waals surface area contributed by atoms with Gasteiger partial charge in [-0.25, -0.2) is 4.39 Å². The van der Waals surface area contributed by atoms with Crippen LogP contribution < -0.4 is 0 Å². The standard InChI is InChI=1S/C20H17BrFNO5S/c21-14-7-5-12(10-15(14)22)16-8-6-13(28-16)11-17-19(26)23(20(27)29-17)9-3-1-2-4-18(24)25/h5-8,10-11H,1-4,9H2,(H,24,25)/b17-11-. The lowest BCUT2D eigenvalue weighted by Crippen LogP contribution is -2.29. The quantitative estimate of drug-likeness (QED) is 0.393. The van der Waals surface area contributed by atoms with E-state index in [-0.39, 0.29) is 23.1 Å². The monoisotopic (exact) mass is 481 g/mol. The van der Waals surface area contributed by atoms with E-state index in [0.717, 1.165) is 16.7 Å². The first-order valence-electron chi connectivity index (χ1n) is 8.87. The number of unbranched alkanes of at least 4 members (excludes halogenated alkanes) is 2. The van der Waals surface area contributed by atoms with Crippen molar-refractivity contribution >= 4 is 50.9 Å². The highest BCUT2D eigenvalue weighted by molar-refractivity contribution is 9.10. The maximum Gasteiger partial charge on any atom is 0.303 e. The summed E-state index contributed by atoms with van der Waals surface area (Å²) in [7, 11) is 0. The van der Waals surface area contributed by atoms with E-state index in [0.29, 0.717) is 40.8 Å². The third-order valence-corrected chi connectivity index (χ3v) is 5.80. The number of halogens is 2. The minimum Gasteiger partial charge on any atom is -0.481 e. The number of amides is 2. The summed E-state index contributed by atoms with van der Waals surface area (Å²) >= 11 is 3.93. The fraction of sp³-hybridized carbons (Fsp3) is 0.250. The minimum atomic E-state index is -0.859. The fourth-order valence-corrected chi connectivity index (χ4v) is 3.87. The normalized spacial score (nSPS) is 15.5. The Morgan fingerprint density at radius 2 is 2.00 bits per heavy atom. The van der Waals surface area contributed by atoms with Crippen molar-refractivity contribution < 1.29 is 28.3 Å². The molecule has 0 unspecified atom stereocenters. The summed E-state index contributed by atoms with van der Waals surface area (Å²) in [6, 6.07) is 7.93. The predicted octanol–water partition coefficient (Wildman–Crippen LogP) is 5.53. The Balaban J connectivity index is 1.64. The molecule has 0 atom stereocenters. The number of aliphatic carboxylic acids is 1. The number of hydrogen-bond acceptors (Lipinski definition) is 5. The lowest BCUT2D eigenvalue weighted by Gasteiger charge is -2.11. The van der Waals surface area contributed by atoms with Gasteiger partial charge in [0.2, 0.25) is 0 Å². The van der Waals surface area contributed by atoms with Gasteiger partial charge in [0.05, 0.1) is 9.38 Å². The number of carbonyl (C=O) groups excluding carboxylic acids is 2. The SMILES string of the molecule is O=C(O)CCCCCN1C(=O)S/C(=C\c2ccc(-c3ccc(Br)c(F)c3)o2)C1=O. The van der Waals surface area contributed by atoms with Gasteiger partial charge in [0.15, 0.2) is 0 Å². The van der Waals surface area contributed by atoms with Crippen LogP contribution in [0.15, 0.2) is 44.1 Å². The zero-order chi connectivity index (χ0) is 21.0. The van der Waals surface area contributed by atoms with E-state index >= 15 is 0 Å². The topological polar surface area (TPSA) is 87.8 Å². The molecule has 9 heteroatoms. The number of carbonyl (C=O) groups is 3. The highest BCUT2D eigenvalue weighted by Crippen LogP contribution is 2.34. The van der Waals surface area contributed by atoms with Crippen LogP contribution in [0.2, 0.25) is 0 Å². The largest absolute Gasteiger partial charge is 0.481 e. The van der Waals surface area contributed by atoms with E-state index in [1.54, 1.807) is 24.3 Å². The molecule has 2 heterocycles. The first-order chi connectivity index (χ1) is 13.8. The molecular formula is C20H17BrFNO5S. The lowest BCUT2D eigenvalue weighted by molar-refractivity contribution is -0.137. The zero-order valence-corrected chi connectivity index (χ0v) is 17.6. The summed E-state index contributed by atoms with van der Waals surface area (Å²) in [6.07, 6.45) is 3.25. The summed E-state index contributed by atoms with van der Waals surface area (Å²) in [5.74, 6) is -0.839. The minimum absolute atomic E-state index is 0.0743. The van der Waals surface area contributed by atoms with Crippen LogP contribution in [0.25, 0.3) is 17.4 Å². The van der Waals surface area contributed by atoms with E-state index in [1.807, 2.05) is 0 Å². The second-order valence-electron chi connectivity index (χ2n) is 6.37. The number of imide groups is 1. The number of thioether (sulfide) groups is 1. The fourth-order valence-electron chi connectivity index (χ4n) is 2.78. The Morgan fingerprint density at radius 1 is 1.21 bits per heavy atom. The molecule has 0 saturated carbocycles. The maximum atomic E-state index is 13.7. The van der Waals surface area contributed by atoms with Gasteiger partial charge in [0, 0.05) is 24.6 Å². The van der Waals surface area contributed by atoms with Crippen molar-refractivity contribution in [3.05, 3.63) is 51.3 Å². The van der Waals surface area contributed by atoms with E-state index < -0.39 is 17.7 Å². The molecule has 1 aromatic carbocycles. The molecule has 3 rings (SSSR count). The van der Waals surface area contributed by atoms with E-state index in [1.165, 1.54) is 12.1 Å². The van der Waals surface area contributed by atoms with Gasteiger partial charge in [-0.1, -0.05) is 6.42 Å². The average Bonchev–Trinajstić information content (AvgIpc) is 3.23. The van der Waals surface area contributed by atoms with Crippen molar-refractivity contribution in [2.75, 3.05) is 6.54 Å². The zero-order valence-electron chi connectivity index (χ0n) is 15.2. The van der Waals surface area contributed by atoms with Gasteiger partial charge in [-0.15, -0.1) is 0 Å². The molecule has 29 heavy (non-hydrogen) atoms. The van der Waals surface area contributed by atoms with Crippen LogP contribution in [0.4, 0.5) is 9.18 Å². The van der Waals surface area contributed by atoms with E-state index in [4.69, 9.17) is 9.52 Å². The van der Waals surface area contributed by atoms with Gasteiger partial charge in [-0.3, -0.25) is 19.3 Å². The number of nitrogens with zero attached hydrogens (tertiary/aromatic N) is 1. The number of rotatable bonds is 8. The molecule has 0 aliphatic carbocycles. The van der Waals surface area contributed by atoms with Gasteiger partial charge >= 0.3 is 5.97 Å². The highest BCUT2D eigenvalue weighted by atomic mass is 79.9. The van der Waals surface area contributed by atoms with Gasteiger partial charge < -0.3 is 9.52 Å².